The van der Waals surface area contributed by atoms with E-state index in [1.165, 1.54) is 23.5 Å². The predicted octanol–water partition coefficient (Wildman–Crippen LogP) is 7.21. The van der Waals surface area contributed by atoms with Crippen LogP contribution in [0, 0.1) is 5.82 Å². The van der Waals surface area contributed by atoms with E-state index in [0.717, 1.165) is 16.1 Å². The molecule has 0 spiro atoms. The summed E-state index contributed by atoms with van der Waals surface area (Å²) in [6, 6.07) is 14.8. The third-order valence-electron chi connectivity index (χ3n) is 6.14. The van der Waals surface area contributed by atoms with Gasteiger partial charge in [0.15, 0.2) is 0 Å². The van der Waals surface area contributed by atoms with Crippen LogP contribution in [0.1, 0.15) is 51.2 Å². The highest BCUT2D eigenvalue weighted by Gasteiger charge is 2.27. The molecule has 9 nitrogen and oxygen atoms in total. The number of piperazine rings is 1. The van der Waals surface area contributed by atoms with Crippen molar-refractivity contribution >= 4 is 45.8 Å². The Kier molecular flexibility index (Phi) is 9.10. The smallest absolute Gasteiger partial charge is 0.412 e. The van der Waals surface area contributed by atoms with Crippen LogP contribution in [-0.2, 0) is 9.47 Å². The summed E-state index contributed by atoms with van der Waals surface area (Å²) in [5, 5.41) is 6.54. The highest BCUT2D eigenvalue weighted by atomic mass is 32.1. The standard InChI is InChI=1S/C31H37FN4O5S/c1-30(2,3)40-28(38)34-23-12-9-21(20-7-10-22(32)11-8-20)19-24(23)33-27(37)25-13-14-26(42-25)35-15-17-36(18-16-35)29(39)41-31(4,5)6/h7-14,19H,15-18H2,1-6H3,(H,33,37)(H,34,38). The first-order valence-corrected chi connectivity index (χ1v) is 14.5. The molecular weight excluding hydrogens is 559 g/mol. The maximum absolute atomic E-state index is 13.5. The van der Waals surface area contributed by atoms with Gasteiger partial charge in [-0.25, -0.2) is 14.0 Å². The van der Waals surface area contributed by atoms with Gasteiger partial charge in [-0.2, -0.15) is 0 Å². The van der Waals surface area contributed by atoms with E-state index in [2.05, 4.69) is 15.5 Å². The predicted molar refractivity (Wildman–Crippen MR) is 164 cm³/mol. The maximum Gasteiger partial charge on any atom is 0.412 e. The Morgan fingerprint density at radius 2 is 1.38 bits per heavy atom. The first-order valence-electron chi connectivity index (χ1n) is 13.7. The molecule has 3 amide bonds. The van der Waals surface area contributed by atoms with Crippen molar-refractivity contribution in [1.29, 1.82) is 0 Å². The lowest BCUT2D eigenvalue weighted by Gasteiger charge is -2.36. The molecule has 1 aliphatic heterocycles. The van der Waals surface area contributed by atoms with Crippen LogP contribution in [0.15, 0.2) is 54.6 Å². The Morgan fingerprint density at radius 1 is 0.762 bits per heavy atom. The average Bonchev–Trinajstić information content (AvgIpc) is 3.39. The van der Waals surface area contributed by atoms with Crippen molar-refractivity contribution < 1.29 is 28.2 Å². The van der Waals surface area contributed by atoms with Crippen LogP contribution in [0.4, 0.5) is 30.4 Å². The van der Waals surface area contributed by atoms with E-state index >= 15 is 0 Å². The molecule has 0 unspecified atom stereocenters. The Morgan fingerprint density at radius 3 is 2.00 bits per heavy atom. The molecule has 4 rings (SSSR count). The van der Waals surface area contributed by atoms with Gasteiger partial charge in [0.2, 0.25) is 0 Å². The van der Waals surface area contributed by atoms with Crippen molar-refractivity contribution in [2.24, 2.45) is 0 Å². The van der Waals surface area contributed by atoms with Crippen molar-refractivity contribution in [2.45, 2.75) is 52.7 Å². The fourth-order valence-electron chi connectivity index (χ4n) is 4.23. The first kappa shape index (κ1) is 30.8. The zero-order valence-corrected chi connectivity index (χ0v) is 25.6. The molecule has 1 aromatic heterocycles. The number of nitrogens with one attached hydrogen (secondary N) is 2. The van der Waals surface area contributed by atoms with Gasteiger partial charge in [-0.15, -0.1) is 11.3 Å². The van der Waals surface area contributed by atoms with E-state index in [1.54, 1.807) is 62.1 Å². The number of anilines is 3. The van der Waals surface area contributed by atoms with Crippen LogP contribution in [0.3, 0.4) is 0 Å². The van der Waals surface area contributed by atoms with E-state index in [-0.39, 0.29) is 17.8 Å². The van der Waals surface area contributed by atoms with E-state index in [9.17, 15) is 18.8 Å². The second-order valence-electron chi connectivity index (χ2n) is 11.9. The molecule has 42 heavy (non-hydrogen) atoms. The average molecular weight is 597 g/mol. The second kappa shape index (κ2) is 12.4. The topological polar surface area (TPSA) is 100 Å². The second-order valence-corrected chi connectivity index (χ2v) is 13.0. The summed E-state index contributed by atoms with van der Waals surface area (Å²) in [7, 11) is 0. The summed E-state index contributed by atoms with van der Waals surface area (Å²) in [5.74, 6) is -0.697. The minimum atomic E-state index is -0.701. The highest BCUT2D eigenvalue weighted by Crippen LogP contribution is 2.32. The van der Waals surface area contributed by atoms with E-state index < -0.39 is 17.3 Å². The molecule has 0 atom stereocenters. The third kappa shape index (κ3) is 8.45. The first-order chi connectivity index (χ1) is 19.7. The number of nitrogens with zero attached hydrogens (tertiary/aromatic N) is 2. The summed E-state index contributed by atoms with van der Waals surface area (Å²) in [4.78, 5) is 42.6. The fraction of sp³-hybridized carbons (Fsp3) is 0.387. The third-order valence-corrected chi connectivity index (χ3v) is 7.28. The molecule has 1 aliphatic rings. The number of benzene rings is 2. The van der Waals surface area contributed by atoms with Crippen LogP contribution in [0.2, 0.25) is 0 Å². The quantitative estimate of drug-likeness (QED) is 0.323. The Hall–Kier alpha value is -4.12. The van der Waals surface area contributed by atoms with Crippen molar-refractivity contribution in [3.05, 3.63) is 65.3 Å². The highest BCUT2D eigenvalue weighted by molar-refractivity contribution is 7.18. The van der Waals surface area contributed by atoms with E-state index in [0.29, 0.717) is 42.4 Å². The zero-order chi connectivity index (χ0) is 30.7. The fourth-order valence-corrected chi connectivity index (χ4v) is 5.18. The van der Waals surface area contributed by atoms with Crippen molar-refractivity contribution in [3.8, 4) is 11.1 Å². The Labute approximate surface area is 249 Å². The molecule has 0 aliphatic carbocycles. The van der Waals surface area contributed by atoms with Crippen LogP contribution in [-0.4, -0.2) is 60.4 Å². The van der Waals surface area contributed by atoms with Gasteiger partial charge in [0, 0.05) is 26.2 Å². The van der Waals surface area contributed by atoms with Gasteiger partial charge in [0.05, 0.1) is 21.3 Å². The van der Waals surface area contributed by atoms with Gasteiger partial charge < -0.3 is 24.6 Å². The van der Waals surface area contributed by atoms with Gasteiger partial charge in [0.25, 0.3) is 5.91 Å². The number of ether oxygens (including phenoxy) is 2. The number of carbonyl (C=O) groups excluding carboxylic acids is 3. The minimum absolute atomic E-state index is 0.327. The molecule has 0 saturated carbocycles. The van der Waals surface area contributed by atoms with Crippen LogP contribution >= 0.6 is 11.3 Å². The zero-order valence-electron chi connectivity index (χ0n) is 24.7. The molecule has 0 radical (unpaired) electrons. The summed E-state index contributed by atoms with van der Waals surface area (Å²) < 4.78 is 24.4. The molecule has 1 fully saturated rings. The largest absolute Gasteiger partial charge is 0.444 e. The number of carbonyl (C=O) groups is 3. The SMILES string of the molecule is CC(C)(C)OC(=O)Nc1ccc(-c2ccc(F)cc2)cc1NC(=O)c1ccc(N2CCN(C(=O)OC(C)(C)C)CC2)s1. The lowest BCUT2D eigenvalue weighted by atomic mass is 10.0. The normalized spacial score (nSPS) is 13.9. The van der Waals surface area contributed by atoms with E-state index in [4.69, 9.17) is 9.47 Å². The summed E-state index contributed by atoms with van der Waals surface area (Å²) in [6.45, 7) is 13.1. The summed E-state index contributed by atoms with van der Waals surface area (Å²) in [6.07, 6.45) is -0.983. The molecular formula is C31H37FN4O5S. The van der Waals surface area contributed by atoms with Crippen LogP contribution in [0.25, 0.3) is 11.1 Å². The van der Waals surface area contributed by atoms with Gasteiger partial charge in [-0.05, 0) is 89.1 Å². The van der Waals surface area contributed by atoms with Gasteiger partial charge in [-0.3, -0.25) is 10.1 Å². The van der Waals surface area contributed by atoms with Crippen LogP contribution in [0.5, 0.6) is 0 Å². The number of halogens is 1. The van der Waals surface area contributed by atoms with Crippen molar-refractivity contribution in [2.75, 3.05) is 41.7 Å². The lowest BCUT2D eigenvalue weighted by molar-refractivity contribution is 0.0240. The van der Waals surface area contributed by atoms with E-state index in [1.807, 2.05) is 26.8 Å². The summed E-state index contributed by atoms with van der Waals surface area (Å²) >= 11 is 1.34. The van der Waals surface area contributed by atoms with Gasteiger partial charge in [0.1, 0.15) is 17.0 Å². The molecule has 1 saturated heterocycles. The molecule has 11 heteroatoms. The number of hydrogen-bond donors (Lipinski definition) is 2. The number of rotatable bonds is 5. The maximum atomic E-state index is 13.5. The molecule has 2 aromatic carbocycles. The molecule has 0 bridgehead atoms. The van der Waals surface area contributed by atoms with Crippen LogP contribution < -0.4 is 15.5 Å². The monoisotopic (exact) mass is 596 g/mol. The number of hydrogen-bond acceptors (Lipinski definition) is 7. The Bertz CT molecular complexity index is 1430. The number of amides is 3. The Balaban J connectivity index is 1.48. The molecule has 2 N–H and O–H groups in total. The lowest BCUT2D eigenvalue weighted by Crippen LogP contribution is -2.49. The van der Waals surface area contributed by atoms with Crippen molar-refractivity contribution in [1.82, 2.24) is 4.90 Å². The van der Waals surface area contributed by atoms with Gasteiger partial charge in [-0.1, -0.05) is 18.2 Å². The van der Waals surface area contributed by atoms with Crippen molar-refractivity contribution in [3.63, 3.8) is 0 Å². The molecule has 224 valence electrons. The number of thiophene rings is 1. The molecule has 2 heterocycles. The summed E-state index contributed by atoms with van der Waals surface area (Å²) in [5.41, 5.74) is 0.958. The minimum Gasteiger partial charge on any atom is -0.444 e. The molecule has 3 aromatic rings. The van der Waals surface area contributed by atoms with Gasteiger partial charge >= 0.3 is 12.2 Å².